The molecule has 1 saturated carbocycles. The third-order valence-electron chi connectivity index (χ3n) is 2.84. The molecule has 2 nitrogen and oxygen atoms in total. The molecule has 3 rings (SSSR count). The molecule has 0 radical (unpaired) electrons. The fraction of sp³-hybridized carbons (Fsp3) is 1.00. The van der Waals surface area contributed by atoms with E-state index in [0.29, 0.717) is 26.0 Å². The van der Waals surface area contributed by atoms with Crippen molar-refractivity contribution in [1.82, 2.24) is 0 Å². The molecule has 64 valence electrons. The number of hydrogen-bond donors (Lipinski definition) is 1. The predicted molar refractivity (Wildman–Crippen MR) is 35.4 cm³/mol. The van der Waals surface area contributed by atoms with E-state index in [9.17, 15) is 8.78 Å². The van der Waals surface area contributed by atoms with Gasteiger partial charge in [-0.2, -0.15) is 0 Å². The maximum absolute atomic E-state index is 12.3. The van der Waals surface area contributed by atoms with Crippen LogP contribution in [0.4, 0.5) is 8.78 Å². The Labute approximate surface area is 63.7 Å². The van der Waals surface area contributed by atoms with Crippen LogP contribution < -0.4 is 5.73 Å². The van der Waals surface area contributed by atoms with Crippen LogP contribution in [0.5, 0.6) is 0 Å². The van der Waals surface area contributed by atoms with E-state index in [1.165, 1.54) is 0 Å². The molecule has 1 aliphatic carbocycles. The van der Waals surface area contributed by atoms with Gasteiger partial charge >= 0.3 is 0 Å². The molecule has 3 aliphatic rings. The molecule has 2 bridgehead atoms. The van der Waals surface area contributed by atoms with Gasteiger partial charge < -0.3 is 10.5 Å². The van der Waals surface area contributed by atoms with Gasteiger partial charge in [0.05, 0.1) is 6.61 Å². The first-order valence-corrected chi connectivity index (χ1v) is 3.75. The van der Waals surface area contributed by atoms with Gasteiger partial charge in [-0.3, -0.25) is 0 Å². The Morgan fingerprint density at radius 3 is 2.36 bits per heavy atom. The molecule has 0 aromatic heterocycles. The number of hydrogen-bond acceptors (Lipinski definition) is 2. The topological polar surface area (TPSA) is 35.2 Å². The van der Waals surface area contributed by atoms with Gasteiger partial charge in [0.1, 0.15) is 5.60 Å². The van der Waals surface area contributed by atoms with E-state index in [2.05, 4.69) is 0 Å². The zero-order valence-corrected chi connectivity index (χ0v) is 6.15. The second kappa shape index (κ2) is 1.93. The molecule has 2 saturated heterocycles. The molecule has 4 heteroatoms. The summed E-state index contributed by atoms with van der Waals surface area (Å²) >= 11 is 0. The molecular weight excluding hydrogens is 152 g/mol. The quantitative estimate of drug-likeness (QED) is 0.652. The molecule has 3 fully saturated rings. The lowest BCUT2D eigenvalue weighted by atomic mass is 9.63. The zero-order chi connectivity index (χ0) is 8.11. The van der Waals surface area contributed by atoms with Gasteiger partial charge in [0, 0.05) is 12.0 Å². The van der Waals surface area contributed by atoms with Gasteiger partial charge in [0.15, 0.2) is 0 Å². The molecule has 2 N–H and O–H groups in total. The Kier molecular flexibility index (Phi) is 1.30. The number of alkyl halides is 2. The third-order valence-corrected chi connectivity index (χ3v) is 2.84. The fourth-order valence-corrected chi connectivity index (χ4v) is 2.14. The van der Waals surface area contributed by atoms with Crippen molar-refractivity contribution in [3.8, 4) is 0 Å². The van der Waals surface area contributed by atoms with E-state index in [-0.39, 0.29) is 5.41 Å². The second-order valence-corrected chi connectivity index (χ2v) is 3.71. The molecule has 2 aliphatic heterocycles. The minimum absolute atomic E-state index is 0.101. The summed E-state index contributed by atoms with van der Waals surface area (Å²) in [6.07, 6.45) is -1.44. The Morgan fingerprint density at radius 1 is 1.45 bits per heavy atom. The Morgan fingerprint density at radius 2 is 2.09 bits per heavy atom. The molecule has 0 unspecified atom stereocenters. The second-order valence-electron chi connectivity index (χ2n) is 3.71. The number of fused-ring (bicyclic) bond motifs is 1. The lowest BCUT2D eigenvalue weighted by Gasteiger charge is -2.43. The van der Waals surface area contributed by atoms with Crippen LogP contribution in [0.15, 0.2) is 0 Å². The molecule has 0 amide bonds. The summed E-state index contributed by atoms with van der Waals surface area (Å²) in [5, 5.41) is 0. The van der Waals surface area contributed by atoms with Crippen molar-refractivity contribution < 1.29 is 13.5 Å². The van der Waals surface area contributed by atoms with Crippen LogP contribution in [0, 0.1) is 5.41 Å². The molecule has 0 atom stereocenters. The number of ether oxygens (including phenoxy) is 1. The van der Waals surface area contributed by atoms with Gasteiger partial charge in [0.2, 0.25) is 0 Å². The van der Waals surface area contributed by atoms with Crippen molar-refractivity contribution in [2.75, 3.05) is 13.2 Å². The van der Waals surface area contributed by atoms with E-state index >= 15 is 0 Å². The van der Waals surface area contributed by atoms with Crippen LogP contribution in [0.25, 0.3) is 0 Å². The van der Waals surface area contributed by atoms with E-state index < -0.39 is 12.0 Å². The van der Waals surface area contributed by atoms with Crippen LogP contribution in [-0.4, -0.2) is 25.2 Å². The molecule has 11 heavy (non-hydrogen) atoms. The maximum Gasteiger partial charge on any atom is 0.267 e. The summed E-state index contributed by atoms with van der Waals surface area (Å²) in [5.41, 5.74) is 4.23. The van der Waals surface area contributed by atoms with E-state index in [1.807, 2.05) is 0 Å². The Hall–Kier alpha value is -0.220. The number of rotatable bonds is 2. The average molecular weight is 163 g/mol. The monoisotopic (exact) mass is 163 g/mol. The summed E-state index contributed by atoms with van der Waals surface area (Å²) in [6.45, 7) is 0.898. The van der Waals surface area contributed by atoms with Crippen LogP contribution in [-0.2, 0) is 4.74 Å². The highest BCUT2D eigenvalue weighted by Gasteiger charge is 2.66. The van der Waals surface area contributed by atoms with Crippen molar-refractivity contribution >= 4 is 0 Å². The van der Waals surface area contributed by atoms with Crippen molar-refractivity contribution in [2.24, 2.45) is 11.1 Å². The summed E-state index contributed by atoms with van der Waals surface area (Å²) < 4.78 is 29.6. The fourth-order valence-electron chi connectivity index (χ4n) is 2.14. The lowest BCUT2D eigenvalue weighted by molar-refractivity contribution is -0.128. The summed E-state index contributed by atoms with van der Waals surface area (Å²) in [4.78, 5) is 0. The van der Waals surface area contributed by atoms with Crippen molar-refractivity contribution in [2.45, 2.75) is 24.9 Å². The molecule has 0 aromatic carbocycles. The molecule has 2 heterocycles. The average Bonchev–Trinajstić information content (AvgIpc) is 2.39. The van der Waals surface area contributed by atoms with E-state index in [0.717, 1.165) is 0 Å². The first kappa shape index (κ1) is 7.43. The van der Waals surface area contributed by atoms with Crippen LogP contribution >= 0.6 is 0 Å². The Balaban J connectivity index is 2.08. The summed E-state index contributed by atoms with van der Waals surface area (Å²) in [6, 6.07) is 0. The van der Waals surface area contributed by atoms with E-state index in [1.54, 1.807) is 0 Å². The van der Waals surface area contributed by atoms with Gasteiger partial charge in [-0.25, -0.2) is 8.78 Å². The van der Waals surface area contributed by atoms with Crippen LogP contribution in [0.1, 0.15) is 12.8 Å². The lowest BCUT2D eigenvalue weighted by Crippen LogP contribution is -2.52. The minimum atomic E-state index is -2.34. The predicted octanol–water partition coefficient (Wildman–Crippen LogP) is 0.759. The minimum Gasteiger partial charge on any atom is -0.368 e. The number of halogens is 2. The van der Waals surface area contributed by atoms with Crippen molar-refractivity contribution in [3.63, 3.8) is 0 Å². The SMILES string of the molecule is NCC12COC(C(F)F)(C1)C2. The maximum atomic E-state index is 12.3. The van der Waals surface area contributed by atoms with Crippen molar-refractivity contribution in [1.29, 1.82) is 0 Å². The highest BCUT2D eigenvalue weighted by molar-refractivity contribution is 5.12. The Bertz CT molecular complexity index is 177. The zero-order valence-electron chi connectivity index (χ0n) is 6.15. The van der Waals surface area contributed by atoms with Gasteiger partial charge in [0.25, 0.3) is 6.43 Å². The smallest absolute Gasteiger partial charge is 0.267 e. The van der Waals surface area contributed by atoms with Crippen LogP contribution in [0.2, 0.25) is 0 Å². The molecule has 0 aromatic rings. The third kappa shape index (κ3) is 0.767. The highest BCUT2D eigenvalue weighted by atomic mass is 19.3. The highest BCUT2D eigenvalue weighted by Crippen LogP contribution is 2.59. The van der Waals surface area contributed by atoms with Gasteiger partial charge in [-0.05, 0) is 12.8 Å². The number of nitrogens with two attached hydrogens (primary N) is 1. The molecule has 0 spiro atoms. The largest absolute Gasteiger partial charge is 0.368 e. The first-order valence-electron chi connectivity index (χ1n) is 3.75. The first-order chi connectivity index (χ1) is 5.13. The summed E-state index contributed by atoms with van der Waals surface area (Å²) in [5.74, 6) is 0. The normalized spacial score (nSPS) is 48.0. The van der Waals surface area contributed by atoms with Gasteiger partial charge in [-0.15, -0.1) is 0 Å². The van der Waals surface area contributed by atoms with E-state index in [4.69, 9.17) is 10.5 Å². The van der Waals surface area contributed by atoms with Crippen LogP contribution in [0.3, 0.4) is 0 Å². The standard InChI is InChI=1S/C7H11F2NO/c8-5(9)7-1-6(2-7,3-10)4-11-7/h5H,1-4,10H2. The molecular formula is C7H11F2NO. The van der Waals surface area contributed by atoms with Gasteiger partial charge in [-0.1, -0.05) is 0 Å². The summed E-state index contributed by atoms with van der Waals surface area (Å²) in [7, 11) is 0. The van der Waals surface area contributed by atoms with Crippen molar-refractivity contribution in [3.05, 3.63) is 0 Å².